The zero-order valence-corrected chi connectivity index (χ0v) is 12.6. The van der Waals surface area contributed by atoms with Gasteiger partial charge in [-0.3, -0.25) is 5.10 Å². The number of amides is 2. The number of nitrogens with zero attached hydrogens (tertiary/aromatic N) is 2. The number of aromatic amines is 1. The normalized spacial score (nSPS) is 19.1. The molecule has 120 valence electrons. The van der Waals surface area contributed by atoms with Gasteiger partial charge >= 0.3 is 6.03 Å². The number of H-pyrrole nitrogens is 1. The molecule has 0 saturated carbocycles. The summed E-state index contributed by atoms with van der Waals surface area (Å²) in [5, 5.41) is 9.66. The van der Waals surface area contributed by atoms with Crippen LogP contribution in [0.1, 0.15) is 30.1 Å². The first kappa shape index (κ1) is 13.9. The Hall–Kier alpha value is -2.70. The topological polar surface area (TPSA) is 79.5 Å². The second kappa shape index (κ2) is 5.83. The van der Waals surface area contributed by atoms with Crippen LogP contribution in [-0.4, -0.2) is 34.5 Å². The van der Waals surface area contributed by atoms with Gasteiger partial charge in [0, 0.05) is 12.7 Å². The molecule has 2 aliphatic heterocycles. The Kier molecular flexibility index (Phi) is 3.53. The smallest absolute Gasteiger partial charge is 0.318 e. The highest BCUT2D eigenvalue weighted by Crippen LogP contribution is 2.38. The first-order chi connectivity index (χ1) is 11.3. The van der Waals surface area contributed by atoms with Gasteiger partial charge in [0.15, 0.2) is 11.5 Å². The van der Waals surface area contributed by atoms with Crippen molar-refractivity contribution in [3.8, 4) is 11.5 Å². The minimum absolute atomic E-state index is 0.0558. The number of carbonyl (C=O) groups is 1. The highest BCUT2D eigenvalue weighted by atomic mass is 16.7. The van der Waals surface area contributed by atoms with Gasteiger partial charge in [-0.15, -0.1) is 0 Å². The van der Waals surface area contributed by atoms with Gasteiger partial charge in [0.25, 0.3) is 0 Å². The molecule has 0 radical (unpaired) electrons. The molecule has 3 heterocycles. The molecule has 2 aromatic rings. The second-order valence-corrected chi connectivity index (χ2v) is 5.70. The fourth-order valence-corrected chi connectivity index (χ4v) is 3.13. The first-order valence-electron chi connectivity index (χ1n) is 7.73. The highest BCUT2D eigenvalue weighted by Gasteiger charge is 2.31. The van der Waals surface area contributed by atoms with Gasteiger partial charge in [0.2, 0.25) is 6.79 Å². The van der Waals surface area contributed by atoms with Crippen LogP contribution in [-0.2, 0) is 6.54 Å². The molecule has 7 heteroatoms. The summed E-state index contributed by atoms with van der Waals surface area (Å²) in [6, 6.07) is 7.77. The Morgan fingerprint density at radius 1 is 1.35 bits per heavy atom. The lowest BCUT2D eigenvalue weighted by atomic mass is 10.0. The van der Waals surface area contributed by atoms with Gasteiger partial charge in [-0.2, -0.15) is 5.10 Å². The molecule has 1 saturated heterocycles. The van der Waals surface area contributed by atoms with Crippen LogP contribution >= 0.6 is 0 Å². The van der Waals surface area contributed by atoms with Crippen LogP contribution in [0.15, 0.2) is 30.5 Å². The lowest BCUT2D eigenvalue weighted by Crippen LogP contribution is -2.39. The predicted molar refractivity (Wildman–Crippen MR) is 82.1 cm³/mol. The van der Waals surface area contributed by atoms with Crippen molar-refractivity contribution in [3.05, 3.63) is 41.7 Å². The van der Waals surface area contributed by atoms with Crippen molar-refractivity contribution in [2.45, 2.75) is 25.4 Å². The van der Waals surface area contributed by atoms with E-state index in [1.165, 1.54) is 0 Å². The SMILES string of the molecule is O=C(NCc1ccn[nH]1)N1CCCC1c1ccc2c(c1)OCO2. The summed E-state index contributed by atoms with van der Waals surface area (Å²) in [5.41, 5.74) is 1.97. The van der Waals surface area contributed by atoms with E-state index in [-0.39, 0.29) is 18.9 Å². The van der Waals surface area contributed by atoms with Crippen molar-refractivity contribution in [1.29, 1.82) is 0 Å². The maximum absolute atomic E-state index is 12.5. The van der Waals surface area contributed by atoms with E-state index in [2.05, 4.69) is 15.5 Å². The van der Waals surface area contributed by atoms with Crippen molar-refractivity contribution in [3.63, 3.8) is 0 Å². The lowest BCUT2D eigenvalue weighted by molar-refractivity contribution is 0.173. The molecular formula is C16H18N4O3. The third kappa shape index (κ3) is 2.69. The number of benzene rings is 1. The summed E-state index contributed by atoms with van der Waals surface area (Å²) < 4.78 is 10.8. The van der Waals surface area contributed by atoms with Crippen LogP contribution in [0, 0.1) is 0 Å². The van der Waals surface area contributed by atoms with Gasteiger partial charge in [0.05, 0.1) is 18.3 Å². The molecule has 4 rings (SSSR count). The number of rotatable bonds is 3. The minimum Gasteiger partial charge on any atom is -0.454 e. The number of urea groups is 1. The van der Waals surface area contributed by atoms with E-state index in [1.54, 1.807) is 6.20 Å². The molecule has 1 unspecified atom stereocenters. The van der Waals surface area contributed by atoms with Gasteiger partial charge < -0.3 is 19.7 Å². The third-order valence-corrected chi connectivity index (χ3v) is 4.28. The molecule has 23 heavy (non-hydrogen) atoms. The summed E-state index contributed by atoms with van der Waals surface area (Å²) in [7, 11) is 0. The third-order valence-electron chi connectivity index (χ3n) is 4.28. The fraction of sp³-hybridized carbons (Fsp3) is 0.375. The molecule has 1 aromatic heterocycles. The molecule has 2 aliphatic rings. The summed E-state index contributed by atoms with van der Waals surface area (Å²) in [6.45, 7) is 1.47. The fourth-order valence-electron chi connectivity index (χ4n) is 3.13. The molecule has 0 spiro atoms. The van der Waals surface area contributed by atoms with Crippen molar-refractivity contribution in [2.24, 2.45) is 0 Å². The maximum atomic E-state index is 12.5. The molecule has 7 nitrogen and oxygen atoms in total. The zero-order chi connectivity index (χ0) is 15.6. The van der Waals surface area contributed by atoms with Crippen LogP contribution in [0.25, 0.3) is 0 Å². The average Bonchev–Trinajstić information content (AvgIpc) is 3.32. The summed E-state index contributed by atoms with van der Waals surface area (Å²) >= 11 is 0. The lowest BCUT2D eigenvalue weighted by Gasteiger charge is -2.25. The van der Waals surface area contributed by atoms with Crippen molar-refractivity contribution in [1.82, 2.24) is 20.4 Å². The highest BCUT2D eigenvalue weighted by molar-refractivity contribution is 5.75. The second-order valence-electron chi connectivity index (χ2n) is 5.70. The zero-order valence-electron chi connectivity index (χ0n) is 12.6. The largest absolute Gasteiger partial charge is 0.454 e. The predicted octanol–water partition coefficient (Wildman–Crippen LogP) is 2.19. The molecule has 1 atom stereocenters. The molecule has 1 fully saturated rings. The van der Waals surface area contributed by atoms with Crippen LogP contribution in [0.4, 0.5) is 4.79 Å². The number of hydrogen-bond acceptors (Lipinski definition) is 4. The molecule has 1 aromatic carbocycles. The van der Waals surface area contributed by atoms with E-state index >= 15 is 0 Å². The average molecular weight is 314 g/mol. The van der Waals surface area contributed by atoms with E-state index in [9.17, 15) is 4.79 Å². The van der Waals surface area contributed by atoms with Crippen molar-refractivity contribution in [2.75, 3.05) is 13.3 Å². The number of hydrogen-bond donors (Lipinski definition) is 2. The van der Waals surface area contributed by atoms with Gasteiger partial charge in [-0.25, -0.2) is 4.79 Å². The Morgan fingerprint density at radius 3 is 3.13 bits per heavy atom. The number of aromatic nitrogens is 2. The quantitative estimate of drug-likeness (QED) is 0.910. The van der Waals surface area contributed by atoms with E-state index in [1.807, 2.05) is 29.2 Å². The first-order valence-corrected chi connectivity index (χ1v) is 7.73. The number of ether oxygens (including phenoxy) is 2. The number of fused-ring (bicyclic) bond motifs is 1. The number of likely N-dealkylation sites (tertiary alicyclic amines) is 1. The Labute approximate surface area is 133 Å². The van der Waals surface area contributed by atoms with Crippen molar-refractivity contribution < 1.29 is 14.3 Å². The molecule has 2 N–H and O–H groups in total. The van der Waals surface area contributed by atoms with Gasteiger partial charge in [-0.1, -0.05) is 6.07 Å². The standard InChI is InChI=1S/C16H18N4O3/c21-16(17-9-12-5-6-18-19-12)20-7-1-2-13(20)11-3-4-14-15(8-11)23-10-22-14/h3-6,8,13H,1-2,7,9-10H2,(H,17,21)(H,18,19). The summed E-state index contributed by atoms with van der Waals surface area (Å²) in [5.74, 6) is 1.52. The Morgan fingerprint density at radius 2 is 2.26 bits per heavy atom. The Bertz CT molecular complexity index is 701. The van der Waals surface area contributed by atoms with Gasteiger partial charge in [-0.05, 0) is 36.6 Å². The Balaban J connectivity index is 1.46. The van der Waals surface area contributed by atoms with Crippen molar-refractivity contribution >= 4 is 6.03 Å². The van der Waals surface area contributed by atoms with E-state index < -0.39 is 0 Å². The van der Waals surface area contributed by atoms with Crippen LogP contribution in [0.5, 0.6) is 11.5 Å². The minimum atomic E-state index is -0.0558. The van der Waals surface area contributed by atoms with E-state index in [4.69, 9.17) is 9.47 Å². The molecule has 2 amide bonds. The summed E-state index contributed by atoms with van der Waals surface area (Å²) in [6.07, 6.45) is 3.63. The molecule has 0 bridgehead atoms. The molecular weight excluding hydrogens is 296 g/mol. The van der Waals surface area contributed by atoms with Crippen LogP contribution in [0.3, 0.4) is 0 Å². The van der Waals surface area contributed by atoms with Crippen LogP contribution < -0.4 is 14.8 Å². The van der Waals surface area contributed by atoms with Crippen LogP contribution in [0.2, 0.25) is 0 Å². The number of carbonyl (C=O) groups excluding carboxylic acids is 1. The number of nitrogens with one attached hydrogen (secondary N) is 2. The molecule has 0 aliphatic carbocycles. The summed E-state index contributed by atoms with van der Waals surface area (Å²) in [4.78, 5) is 14.4. The van der Waals surface area contributed by atoms with E-state index in [0.29, 0.717) is 6.54 Å². The maximum Gasteiger partial charge on any atom is 0.318 e. The van der Waals surface area contributed by atoms with Gasteiger partial charge in [0.1, 0.15) is 0 Å². The van der Waals surface area contributed by atoms with E-state index in [0.717, 1.165) is 42.1 Å². The monoisotopic (exact) mass is 314 g/mol.